The van der Waals surface area contributed by atoms with E-state index in [1.807, 2.05) is 60.7 Å². The number of ether oxygens (including phenoxy) is 1. The van der Waals surface area contributed by atoms with Gasteiger partial charge in [-0.05, 0) is 42.0 Å². The summed E-state index contributed by atoms with van der Waals surface area (Å²) in [7, 11) is 1.36. The van der Waals surface area contributed by atoms with Crippen LogP contribution in [0.15, 0.2) is 84.9 Å². The second kappa shape index (κ2) is 10.1. The normalized spacial score (nSPS) is 10.2. The number of nitrogens with one attached hydrogen (secondary N) is 1. The number of para-hydroxylation sites is 1. The van der Waals surface area contributed by atoms with Gasteiger partial charge in [-0.1, -0.05) is 48.5 Å². The highest BCUT2D eigenvalue weighted by Crippen LogP contribution is 2.18. The fourth-order valence-corrected chi connectivity index (χ4v) is 2.99. The van der Waals surface area contributed by atoms with Crippen molar-refractivity contribution in [3.63, 3.8) is 0 Å². The van der Waals surface area contributed by atoms with E-state index in [0.29, 0.717) is 25.1 Å². The van der Waals surface area contributed by atoms with Gasteiger partial charge in [0.15, 0.2) is 0 Å². The molecule has 0 aliphatic carbocycles. The van der Waals surface area contributed by atoms with E-state index in [2.05, 4.69) is 5.32 Å². The third-order valence-electron chi connectivity index (χ3n) is 4.53. The molecular formula is C24H24N2O3. The fraction of sp³-hybridized carbons (Fsp3) is 0.167. The van der Waals surface area contributed by atoms with Crippen LogP contribution in [-0.4, -0.2) is 25.5 Å². The van der Waals surface area contributed by atoms with Crippen molar-refractivity contribution in [2.24, 2.45) is 0 Å². The predicted octanol–water partition coefficient (Wildman–Crippen LogP) is 4.51. The van der Waals surface area contributed by atoms with E-state index >= 15 is 0 Å². The lowest BCUT2D eigenvalue weighted by Crippen LogP contribution is -2.31. The summed E-state index contributed by atoms with van der Waals surface area (Å²) < 4.78 is 4.70. The first kappa shape index (κ1) is 20.1. The van der Waals surface area contributed by atoms with Crippen LogP contribution in [0.3, 0.4) is 0 Å². The van der Waals surface area contributed by atoms with Crippen LogP contribution < -0.4 is 10.2 Å². The van der Waals surface area contributed by atoms with E-state index in [0.717, 1.165) is 16.9 Å². The molecule has 29 heavy (non-hydrogen) atoms. The zero-order chi connectivity index (χ0) is 20.5. The van der Waals surface area contributed by atoms with Crippen molar-refractivity contribution in [1.29, 1.82) is 0 Å². The molecule has 1 amide bonds. The van der Waals surface area contributed by atoms with E-state index in [1.54, 1.807) is 29.2 Å². The van der Waals surface area contributed by atoms with Gasteiger partial charge in [0.2, 0.25) is 5.91 Å². The number of hydrogen-bond donors (Lipinski definition) is 1. The predicted molar refractivity (Wildman–Crippen MR) is 115 cm³/mol. The average molecular weight is 388 g/mol. The summed E-state index contributed by atoms with van der Waals surface area (Å²) >= 11 is 0. The Labute approximate surface area is 170 Å². The number of hydrogen-bond acceptors (Lipinski definition) is 4. The molecule has 0 aliphatic rings. The van der Waals surface area contributed by atoms with Crippen molar-refractivity contribution < 1.29 is 14.3 Å². The molecule has 0 spiro atoms. The monoisotopic (exact) mass is 388 g/mol. The van der Waals surface area contributed by atoms with Gasteiger partial charge in [0, 0.05) is 24.3 Å². The summed E-state index contributed by atoms with van der Waals surface area (Å²) in [4.78, 5) is 26.2. The van der Waals surface area contributed by atoms with E-state index in [4.69, 9.17) is 4.74 Å². The molecule has 0 fully saturated rings. The Morgan fingerprint density at radius 3 is 2.10 bits per heavy atom. The number of benzene rings is 3. The number of rotatable bonds is 8. The summed E-state index contributed by atoms with van der Waals surface area (Å²) in [6.45, 7) is 1.02. The molecule has 3 aromatic carbocycles. The summed E-state index contributed by atoms with van der Waals surface area (Å²) in [6, 6.07) is 26.6. The molecule has 0 saturated heterocycles. The number of amides is 1. The highest BCUT2D eigenvalue weighted by Gasteiger charge is 2.15. The molecule has 0 bridgehead atoms. The number of carbonyl (C=O) groups is 2. The van der Waals surface area contributed by atoms with Gasteiger partial charge in [-0.2, -0.15) is 0 Å². The highest BCUT2D eigenvalue weighted by molar-refractivity contribution is 5.93. The van der Waals surface area contributed by atoms with Crippen LogP contribution in [-0.2, 0) is 16.1 Å². The van der Waals surface area contributed by atoms with Gasteiger partial charge in [-0.15, -0.1) is 0 Å². The van der Waals surface area contributed by atoms with Crippen molar-refractivity contribution in [3.05, 3.63) is 96.1 Å². The Morgan fingerprint density at radius 2 is 1.48 bits per heavy atom. The minimum atomic E-state index is -0.369. The fourth-order valence-electron chi connectivity index (χ4n) is 2.99. The molecule has 0 heterocycles. The third kappa shape index (κ3) is 5.69. The first-order valence-electron chi connectivity index (χ1n) is 9.49. The van der Waals surface area contributed by atoms with Crippen molar-refractivity contribution in [2.45, 2.75) is 13.0 Å². The van der Waals surface area contributed by atoms with Gasteiger partial charge < -0.3 is 15.0 Å². The van der Waals surface area contributed by atoms with Crippen LogP contribution in [0, 0.1) is 0 Å². The van der Waals surface area contributed by atoms with E-state index < -0.39 is 0 Å². The molecule has 0 radical (unpaired) electrons. The maximum atomic E-state index is 12.9. The number of esters is 1. The van der Waals surface area contributed by atoms with Crippen molar-refractivity contribution in [1.82, 2.24) is 0 Å². The molecule has 0 aliphatic heterocycles. The SMILES string of the molecule is COC(=O)c1ccc(NCCC(=O)N(Cc2ccccc2)c2ccccc2)cc1. The molecule has 0 saturated carbocycles. The van der Waals surface area contributed by atoms with Gasteiger partial charge in [0.05, 0.1) is 19.2 Å². The third-order valence-corrected chi connectivity index (χ3v) is 4.53. The minimum absolute atomic E-state index is 0.0405. The van der Waals surface area contributed by atoms with Crippen molar-refractivity contribution in [2.75, 3.05) is 23.9 Å². The lowest BCUT2D eigenvalue weighted by atomic mass is 10.1. The van der Waals surface area contributed by atoms with Crippen LogP contribution >= 0.6 is 0 Å². The smallest absolute Gasteiger partial charge is 0.337 e. The Hall–Kier alpha value is -3.60. The molecule has 5 nitrogen and oxygen atoms in total. The number of nitrogens with zero attached hydrogens (tertiary/aromatic N) is 1. The van der Waals surface area contributed by atoms with Gasteiger partial charge in [0.25, 0.3) is 0 Å². The van der Waals surface area contributed by atoms with Crippen molar-refractivity contribution in [3.8, 4) is 0 Å². The number of carbonyl (C=O) groups excluding carboxylic acids is 2. The standard InChI is InChI=1S/C24H24N2O3/c1-29-24(28)20-12-14-21(15-13-20)25-17-16-23(27)26(22-10-6-3-7-11-22)18-19-8-4-2-5-9-19/h2-15,25H,16-18H2,1H3. The molecule has 1 N–H and O–H groups in total. The molecule has 3 aromatic rings. The van der Waals surface area contributed by atoms with Gasteiger partial charge >= 0.3 is 5.97 Å². The average Bonchev–Trinajstić information content (AvgIpc) is 2.78. The molecule has 0 aromatic heterocycles. The Morgan fingerprint density at radius 1 is 0.862 bits per heavy atom. The van der Waals surface area contributed by atoms with Crippen LogP contribution in [0.4, 0.5) is 11.4 Å². The Bertz CT molecular complexity index is 925. The van der Waals surface area contributed by atoms with Crippen LogP contribution in [0.1, 0.15) is 22.3 Å². The van der Waals surface area contributed by atoms with Crippen LogP contribution in [0.25, 0.3) is 0 Å². The first-order valence-corrected chi connectivity index (χ1v) is 9.49. The topological polar surface area (TPSA) is 58.6 Å². The zero-order valence-corrected chi connectivity index (χ0v) is 16.4. The highest BCUT2D eigenvalue weighted by atomic mass is 16.5. The summed E-state index contributed by atoms with van der Waals surface area (Å²) in [5.74, 6) is -0.329. The maximum absolute atomic E-state index is 12.9. The second-order valence-corrected chi connectivity index (χ2v) is 6.55. The van der Waals surface area contributed by atoms with Gasteiger partial charge in [0.1, 0.15) is 0 Å². The number of anilines is 2. The second-order valence-electron chi connectivity index (χ2n) is 6.55. The lowest BCUT2D eigenvalue weighted by molar-refractivity contribution is -0.118. The molecular weight excluding hydrogens is 364 g/mol. The van der Waals surface area contributed by atoms with E-state index in [1.165, 1.54) is 7.11 Å². The quantitative estimate of drug-likeness (QED) is 0.577. The van der Waals surface area contributed by atoms with Crippen molar-refractivity contribution >= 4 is 23.3 Å². The summed E-state index contributed by atoms with van der Waals surface area (Å²) in [6.07, 6.45) is 0.348. The Kier molecular flexibility index (Phi) is 7.00. The maximum Gasteiger partial charge on any atom is 0.337 e. The zero-order valence-electron chi connectivity index (χ0n) is 16.4. The minimum Gasteiger partial charge on any atom is -0.465 e. The van der Waals surface area contributed by atoms with E-state index in [9.17, 15) is 9.59 Å². The summed E-state index contributed by atoms with van der Waals surface area (Å²) in [5.41, 5.74) is 3.30. The van der Waals surface area contributed by atoms with Gasteiger partial charge in [-0.25, -0.2) is 4.79 Å². The summed E-state index contributed by atoms with van der Waals surface area (Å²) in [5, 5.41) is 3.23. The molecule has 0 unspecified atom stereocenters. The number of methoxy groups -OCH3 is 1. The van der Waals surface area contributed by atoms with E-state index in [-0.39, 0.29) is 11.9 Å². The molecule has 5 heteroatoms. The molecule has 3 rings (SSSR count). The Balaban J connectivity index is 1.62. The van der Waals surface area contributed by atoms with Crippen LogP contribution in [0.5, 0.6) is 0 Å². The molecule has 0 atom stereocenters. The molecule has 148 valence electrons. The van der Waals surface area contributed by atoms with Gasteiger partial charge in [-0.3, -0.25) is 4.79 Å². The first-order chi connectivity index (χ1) is 14.2. The van der Waals surface area contributed by atoms with Crippen LogP contribution in [0.2, 0.25) is 0 Å². The largest absolute Gasteiger partial charge is 0.465 e. The lowest BCUT2D eigenvalue weighted by Gasteiger charge is -2.23.